The first-order chi connectivity index (χ1) is 21.7. The van der Waals surface area contributed by atoms with Crippen LogP contribution >= 0.6 is 0 Å². The first kappa shape index (κ1) is 31.5. The van der Waals surface area contributed by atoms with Crippen LogP contribution in [-0.2, 0) is 16.0 Å². The zero-order chi connectivity index (χ0) is 31.9. The molecule has 0 spiro atoms. The topological polar surface area (TPSA) is 114 Å². The van der Waals surface area contributed by atoms with Crippen molar-refractivity contribution in [2.24, 2.45) is 0 Å². The molecular weight excluding hydrogens is 582 g/mol. The number of benzene rings is 2. The number of aryl methyl sites for hydroxylation is 1. The number of ketones is 1. The summed E-state index contributed by atoms with van der Waals surface area (Å²) in [5.74, 6) is -1.91. The number of aromatic nitrogens is 2. The second-order valence-corrected chi connectivity index (χ2v) is 10.9. The summed E-state index contributed by atoms with van der Waals surface area (Å²) in [4.78, 5) is 47.0. The number of halogens is 2. The molecule has 0 aliphatic carbocycles. The summed E-state index contributed by atoms with van der Waals surface area (Å²) in [6, 6.07) is 12.9. The van der Waals surface area contributed by atoms with Crippen molar-refractivity contribution >= 4 is 17.7 Å². The summed E-state index contributed by atoms with van der Waals surface area (Å²) in [5, 5.41) is 2.89. The Labute approximate surface area is 259 Å². The number of Topliss-reactive ketones (excluding diaryl/α,β-unsaturated/α-hetero) is 1. The van der Waals surface area contributed by atoms with Crippen LogP contribution in [0.5, 0.6) is 11.5 Å². The highest BCUT2D eigenvalue weighted by atomic mass is 19.1. The van der Waals surface area contributed by atoms with Crippen LogP contribution in [0.3, 0.4) is 0 Å². The van der Waals surface area contributed by atoms with Gasteiger partial charge in [-0.2, -0.15) is 0 Å². The zero-order valence-electron chi connectivity index (χ0n) is 25.1. The number of pyridine rings is 1. The van der Waals surface area contributed by atoms with E-state index in [4.69, 9.17) is 9.47 Å². The van der Waals surface area contributed by atoms with Gasteiger partial charge in [0.25, 0.3) is 5.91 Å². The minimum atomic E-state index is -0.670. The van der Waals surface area contributed by atoms with E-state index in [-0.39, 0.29) is 52.7 Å². The molecule has 0 unspecified atom stereocenters. The van der Waals surface area contributed by atoms with Gasteiger partial charge in [-0.3, -0.25) is 24.3 Å². The standard InChI is InChI=1S/C34H34F2N4O5/c1-21-6-8-26(35)23(15-21)17-31(41)22-7-9-27(36)32(18-22)45-25-10-12-37-29(19-25)28-16-24(20-39-28)33(42)38-11-4-14-40-13-3-5-30(40)34(43)44-2/h6-10,12,15-16,18-20,30,39H,3-5,11,13-14,17H2,1-2H3,(H,38,42)/t30-/m0/s1. The van der Waals surface area contributed by atoms with Crippen LogP contribution in [0.2, 0.25) is 0 Å². The van der Waals surface area contributed by atoms with Gasteiger partial charge >= 0.3 is 5.97 Å². The molecule has 2 aromatic heterocycles. The van der Waals surface area contributed by atoms with Crippen molar-refractivity contribution < 1.29 is 32.6 Å². The molecule has 5 rings (SSSR count). The third-order valence-corrected chi connectivity index (χ3v) is 7.73. The summed E-state index contributed by atoms with van der Waals surface area (Å²) in [7, 11) is 1.39. The SMILES string of the molecule is COC(=O)[C@@H]1CCCN1CCCNC(=O)c1c[nH]c(-c2cc(Oc3cc(C(=O)Cc4cc(C)ccc4F)ccc3F)ccn2)c1. The molecule has 2 N–H and O–H groups in total. The van der Waals surface area contributed by atoms with E-state index in [1.165, 1.54) is 31.5 Å². The number of nitrogens with zero attached hydrogens (tertiary/aromatic N) is 2. The Morgan fingerprint density at radius 1 is 1.04 bits per heavy atom. The lowest BCUT2D eigenvalue weighted by atomic mass is 10.0. The number of methoxy groups -OCH3 is 1. The monoisotopic (exact) mass is 616 g/mol. The summed E-state index contributed by atoms with van der Waals surface area (Å²) < 4.78 is 39.5. The predicted molar refractivity (Wildman–Crippen MR) is 163 cm³/mol. The molecule has 1 aliphatic heterocycles. The van der Waals surface area contributed by atoms with Gasteiger partial charge in [0.05, 0.1) is 24.1 Å². The smallest absolute Gasteiger partial charge is 0.323 e. The number of hydrogen-bond donors (Lipinski definition) is 2. The van der Waals surface area contributed by atoms with Crippen LogP contribution in [-0.4, -0.2) is 65.3 Å². The molecule has 1 atom stereocenters. The Morgan fingerprint density at radius 2 is 1.87 bits per heavy atom. The molecule has 2 aromatic carbocycles. The van der Waals surface area contributed by atoms with E-state index in [1.54, 1.807) is 36.5 Å². The van der Waals surface area contributed by atoms with Gasteiger partial charge in [-0.1, -0.05) is 17.7 Å². The van der Waals surface area contributed by atoms with Crippen LogP contribution in [0.1, 0.15) is 51.1 Å². The number of amides is 1. The Balaban J connectivity index is 1.19. The van der Waals surface area contributed by atoms with E-state index < -0.39 is 11.6 Å². The van der Waals surface area contributed by atoms with Crippen molar-refractivity contribution in [1.82, 2.24) is 20.2 Å². The van der Waals surface area contributed by atoms with Crippen LogP contribution in [0.15, 0.2) is 67.0 Å². The molecular formula is C34H34F2N4O5. The molecule has 1 saturated heterocycles. The third-order valence-electron chi connectivity index (χ3n) is 7.73. The lowest BCUT2D eigenvalue weighted by Gasteiger charge is -2.22. The highest BCUT2D eigenvalue weighted by molar-refractivity contribution is 5.98. The summed E-state index contributed by atoms with van der Waals surface area (Å²) in [6.45, 7) is 3.76. The Hall–Kier alpha value is -4.90. The minimum Gasteiger partial charge on any atom is -0.468 e. The van der Waals surface area contributed by atoms with Gasteiger partial charge in [-0.25, -0.2) is 8.78 Å². The van der Waals surface area contributed by atoms with E-state index in [0.29, 0.717) is 36.5 Å². The van der Waals surface area contributed by atoms with E-state index in [0.717, 1.165) is 31.0 Å². The number of hydrogen-bond acceptors (Lipinski definition) is 7. The molecule has 3 heterocycles. The minimum absolute atomic E-state index is 0.166. The number of carbonyl (C=O) groups excluding carboxylic acids is 3. The largest absolute Gasteiger partial charge is 0.468 e. The van der Waals surface area contributed by atoms with E-state index >= 15 is 0 Å². The molecule has 9 nitrogen and oxygen atoms in total. The molecule has 1 fully saturated rings. The van der Waals surface area contributed by atoms with E-state index in [2.05, 4.69) is 20.2 Å². The molecule has 0 radical (unpaired) electrons. The van der Waals surface area contributed by atoms with Gasteiger partial charge in [0.15, 0.2) is 17.3 Å². The fourth-order valence-electron chi connectivity index (χ4n) is 5.37. The molecule has 11 heteroatoms. The Bertz CT molecular complexity index is 1710. The van der Waals surface area contributed by atoms with Crippen molar-refractivity contribution in [2.45, 2.75) is 38.6 Å². The Morgan fingerprint density at radius 3 is 2.69 bits per heavy atom. The summed E-state index contributed by atoms with van der Waals surface area (Å²) in [5.41, 5.74) is 2.69. The van der Waals surface area contributed by atoms with Gasteiger partial charge in [0.2, 0.25) is 0 Å². The second kappa shape index (κ2) is 14.3. The first-order valence-corrected chi connectivity index (χ1v) is 14.7. The number of aromatic amines is 1. The fraction of sp³-hybridized carbons (Fsp3) is 0.294. The van der Waals surface area contributed by atoms with Crippen LogP contribution < -0.4 is 10.1 Å². The lowest BCUT2D eigenvalue weighted by molar-refractivity contribution is -0.145. The summed E-state index contributed by atoms with van der Waals surface area (Å²) >= 11 is 0. The summed E-state index contributed by atoms with van der Waals surface area (Å²) in [6.07, 6.45) is 5.29. The molecule has 1 aliphatic rings. The molecule has 234 valence electrons. The van der Waals surface area contributed by atoms with Crippen LogP contribution in [0, 0.1) is 18.6 Å². The number of nitrogens with one attached hydrogen (secondary N) is 2. The number of esters is 1. The van der Waals surface area contributed by atoms with Crippen molar-refractivity contribution in [3.05, 3.63) is 101 Å². The van der Waals surface area contributed by atoms with E-state index in [1.807, 2.05) is 6.92 Å². The highest BCUT2D eigenvalue weighted by Crippen LogP contribution is 2.29. The van der Waals surface area contributed by atoms with Crippen molar-refractivity contribution in [1.29, 1.82) is 0 Å². The van der Waals surface area contributed by atoms with Gasteiger partial charge in [0, 0.05) is 43.5 Å². The normalized spacial score (nSPS) is 14.7. The number of ether oxygens (including phenoxy) is 2. The predicted octanol–water partition coefficient (Wildman–Crippen LogP) is 5.64. The molecule has 1 amide bonds. The number of likely N-dealkylation sites (tertiary alicyclic amines) is 1. The van der Waals surface area contributed by atoms with Crippen molar-refractivity contribution in [3.63, 3.8) is 0 Å². The maximum absolute atomic E-state index is 14.7. The zero-order valence-corrected chi connectivity index (χ0v) is 25.1. The maximum atomic E-state index is 14.7. The fourth-order valence-corrected chi connectivity index (χ4v) is 5.37. The number of rotatable bonds is 12. The molecule has 0 saturated carbocycles. The second-order valence-electron chi connectivity index (χ2n) is 10.9. The highest BCUT2D eigenvalue weighted by Gasteiger charge is 2.30. The van der Waals surface area contributed by atoms with Crippen LogP contribution in [0.25, 0.3) is 11.4 Å². The average molecular weight is 617 g/mol. The quantitative estimate of drug-likeness (QED) is 0.120. The van der Waals surface area contributed by atoms with E-state index in [9.17, 15) is 23.2 Å². The molecule has 4 aromatic rings. The third kappa shape index (κ3) is 7.79. The Kier molecular flexibility index (Phi) is 9.99. The van der Waals surface area contributed by atoms with Crippen molar-refractivity contribution in [2.75, 3.05) is 26.7 Å². The maximum Gasteiger partial charge on any atom is 0.323 e. The van der Waals surface area contributed by atoms with Gasteiger partial charge in [0.1, 0.15) is 17.6 Å². The first-order valence-electron chi connectivity index (χ1n) is 14.7. The van der Waals surface area contributed by atoms with Crippen molar-refractivity contribution in [3.8, 4) is 22.9 Å². The van der Waals surface area contributed by atoms with Gasteiger partial charge < -0.3 is 19.8 Å². The van der Waals surface area contributed by atoms with Gasteiger partial charge in [-0.05, 0) is 74.7 Å². The number of carbonyl (C=O) groups is 3. The van der Waals surface area contributed by atoms with Gasteiger partial charge in [-0.15, -0.1) is 0 Å². The molecule has 0 bridgehead atoms. The average Bonchev–Trinajstić information content (AvgIpc) is 3.72. The lowest BCUT2D eigenvalue weighted by Crippen LogP contribution is -2.38. The number of H-pyrrole nitrogens is 1. The van der Waals surface area contributed by atoms with Crippen LogP contribution in [0.4, 0.5) is 8.78 Å². The molecule has 45 heavy (non-hydrogen) atoms.